The normalized spacial score (nSPS) is 12.8. The Bertz CT molecular complexity index is 67.3. The van der Waals surface area contributed by atoms with Gasteiger partial charge in [-0.2, -0.15) is 21.6 Å². The lowest BCUT2D eigenvalue weighted by molar-refractivity contribution is -0.0313. The van der Waals surface area contributed by atoms with Crippen LogP contribution in [0.1, 0.15) is 0 Å². The molecule has 0 aromatic heterocycles. The Kier molecular flexibility index (Phi) is 2.98. The van der Waals surface area contributed by atoms with E-state index in [2.05, 4.69) is 0 Å². The van der Waals surface area contributed by atoms with E-state index >= 15 is 0 Å². The number of hydrogen-bond acceptors (Lipinski definition) is 1. The van der Waals surface area contributed by atoms with Crippen LogP contribution in [0, 0.1) is 0 Å². The summed E-state index contributed by atoms with van der Waals surface area (Å²) in [6.07, 6.45) is 0. The van der Waals surface area contributed by atoms with Crippen LogP contribution in [0.2, 0.25) is 0 Å². The third-order valence-electron chi connectivity index (χ3n) is 0.173. The molecule has 7 heteroatoms. The first kappa shape index (κ1) is 8.43. The van der Waals surface area contributed by atoms with Crippen molar-refractivity contribution in [3.8, 4) is 0 Å². The lowest BCUT2D eigenvalue weighted by Crippen LogP contribution is -1.95. The van der Waals surface area contributed by atoms with Gasteiger partial charge in [-0.05, 0) is 0 Å². The molecule has 0 rings (SSSR count). The van der Waals surface area contributed by atoms with Crippen LogP contribution in [-0.4, -0.2) is 5.51 Å². The summed E-state index contributed by atoms with van der Waals surface area (Å²) in [5.41, 5.74) is -4.78. The first-order valence-electron chi connectivity index (χ1n) is 1.29. The van der Waals surface area contributed by atoms with Crippen molar-refractivity contribution >= 4 is 19.1 Å². The third-order valence-corrected chi connectivity index (χ3v) is 1.55. The van der Waals surface area contributed by atoms with Crippen LogP contribution in [0.15, 0.2) is 0 Å². The molecule has 0 heterocycles. The highest BCUT2D eigenvalue weighted by atomic mass is 32.7. The van der Waals surface area contributed by atoms with E-state index in [1.54, 1.807) is 0 Å². The molecular weight excluding hydrogens is 170 g/mol. The molecule has 0 saturated heterocycles. The molecular formula is CF5PS. The van der Waals surface area contributed by atoms with Crippen molar-refractivity contribution in [1.82, 2.24) is 0 Å². The minimum atomic E-state index is -4.78. The molecule has 0 fully saturated rings. The van der Waals surface area contributed by atoms with Gasteiger partial charge in [0.2, 0.25) is 0 Å². The first-order valence-corrected chi connectivity index (χ1v) is 3.84. The second-order valence-corrected chi connectivity index (χ2v) is 3.16. The smallest absolute Gasteiger partial charge is 0.175 e. The molecule has 8 heavy (non-hydrogen) atoms. The van der Waals surface area contributed by atoms with Gasteiger partial charge in [0.1, 0.15) is 0 Å². The van der Waals surface area contributed by atoms with E-state index in [0.717, 1.165) is 0 Å². The van der Waals surface area contributed by atoms with E-state index in [1.807, 2.05) is 0 Å². The fraction of sp³-hybridized carbons (Fsp3) is 1.00. The molecule has 0 aliphatic heterocycles. The Morgan fingerprint density at radius 2 is 1.50 bits per heavy atom. The van der Waals surface area contributed by atoms with Gasteiger partial charge in [-0.15, -0.1) is 0 Å². The summed E-state index contributed by atoms with van der Waals surface area (Å²) in [5.74, 6) is 0. The molecule has 0 atom stereocenters. The van der Waals surface area contributed by atoms with Gasteiger partial charge >= 0.3 is 13.3 Å². The minimum absolute atomic E-state index is 1.26. The van der Waals surface area contributed by atoms with Crippen LogP contribution < -0.4 is 0 Å². The van der Waals surface area contributed by atoms with Crippen LogP contribution >= 0.6 is 19.1 Å². The molecule has 0 radical (unpaired) electrons. The highest BCUT2D eigenvalue weighted by Crippen LogP contribution is 2.59. The number of hydrogen-bond donors (Lipinski definition) is 0. The Labute approximate surface area is 47.2 Å². The molecule has 0 bridgehead atoms. The van der Waals surface area contributed by atoms with Crippen molar-refractivity contribution < 1.29 is 21.6 Å². The number of alkyl halides is 3. The van der Waals surface area contributed by atoms with Gasteiger partial charge in [0, 0.05) is 11.4 Å². The fourth-order valence-electron chi connectivity index (χ4n) is 0.0782. The average molecular weight is 170 g/mol. The maximum Gasteiger partial charge on any atom is 0.450 e. The van der Waals surface area contributed by atoms with E-state index in [4.69, 9.17) is 0 Å². The topological polar surface area (TPSA) is 0 Å². The maximum absolute atomic E-state index is 10.8. The second kappa shape index (κ2) is 2.82. The van der Waals surface area contributed by atoms with Crippen molar-refractivity contribution in [3.05, 3.63) is 0 Å². The summed E-state index contributed by atoms with van der Waals surface area (Å²) in [6, 6.07) is 0. The van der Waals surface area contributed by atoms with Crippen molar-refractivity contribution in [2.45, 2.75) is 5.51 Å². The quantitative estimate of drug-likeness (QED) is 0.429. The molecule has 0 aliphatic rings. The van der Waals surface area contributed by atoms with Crippen LogP contribution in [0.3, 0.4) is 0 Å². The van der Waals surface area contributed by atoms with Gasteiger partial charge in [0.15, 0.2) is 0 Å². The Balaban J connectivity index is 3.39. The van der Waals surface area contributed by atoms with Crippen LogP contribution in [-0.2, 0) is 0 Å². The van der Waals surface area contributed by atoms with Crippen molar-refractivity contribution in [2.75, 3.05) is 0 Å². The molecule has 0 aliphatic carbocycles. The zero-order chi connectivity index (χ0) is 6.78. The summed E-state index contributed by atoms with van der Waals surface area (Å²) >= 11 is -1.26. The average Bonchev–Trinajstić information content (AvgIpc) is 1.21. The molecule has 0 saturated carbocycles. The molecule has 0 nitrogen and oxygen atoms in total. The lowest BCUT2D eigenvalue weighted by Gasteiger charge is -1.99. The molecule has 0 spiro atoms. The number of rotatable bonds is 1. The molecule has 0 aromatic rings. The Morgan fingerprint density at radius 1 is 1.12 bits per heavy atom. The third kappa shape index (κ3) is 6.43. The SMILES string of the molecule is FP(F)SC(F)(F)F. The van der Waals surface area contributed by atoms with Crippen molar-refractivity contribution in [1.29, 1.82) is 0 Å². The molecule has 0 N–H and O–H groups in total. The van der Waals surface area contributed by atoms with E-state index < -0.39 is 24.6 Å². The Hall–Kier alpha value is 0.430. The predicted octanol–water partition coefficient (Wildman–Crippen LogP) is 3.41. The summed E-state index contributed by atoms with van der Waals surface area (Å²) in [6.45, 7) is 0. The van der Waals surface area contributed by atoms with Crippen LogP contribution in [0.25, 0.3) is 0 Å². The summed E-state index contributed by atoms with van der Waals surface area (Å²) in [7, 11) is -3.90. The van der Waals surface area contributed by atoms with E-state index in [1.165, 1.54) is 0 Å². The molecule has 50 valence electrons. The van der Waals surface area contributed by atoms with Crippen molar-refractivity contribution in [2.24, 2.45) is 0 Å². The lowest BCUT2D eigenvalue weighted by atomic mass is 11.6. The van der Waals surface area contributed by atoms with E-state index in [0.29, 0.717) is 0 Å². The molecule has 0 aromatic carbocycles. The highest BCUT2D eigenvalue weighted by molar-refractivity contribution is 8.53. The number of halogens is 5. The zero-order valence-electron chi connectivity index (χ0n) is 3.25. The second-order valence-electron chi connectivity index (χ2n) is 0.739. The van der Waals surface area contributed by atoms with Gasteiger partial charge in [0.05, 0.1) is 0 Å². The Morgan fingerprint density at radius 3 is 1.50 bits per heavy atom. The summed E-state index contributed by atoms with van der Waals surface area (Å²) in [5, 5.41) is 0. The predicted molar refractivity (Wildman–Crippen MR) is 22.8 cm³/mol. The summed E-state index contributed by atoms with van der Waals surface area (Å²) < 4.78 is 54.1. The molecule has 0 amide bonds. The van der Waals surface area contributed by atoms with Crippen molar-refractivity contribution in [3.63, 3.8) is 0 Å². The largest absolute Gasteiger partial charge is 0.450 e. The van der Waals surface area contributed by atoms with E-state index in [9.17, 15) is 21.6 Å². The highest BCUT2D eigenvalue weighted by Gasteiger charge is 2.34. The summed E-state index contributed by atoms with van der Waals surface area (Å²) in [4.78, 5) is 0. The monoisotopic (exact) mass is 170 g/mol. The molecule has 0 unspecified atom stereocenters. The van der Waals surface area contributed by atoms with E-state index in [-0.39, 0.29) is 0 Å². The van der Waals surface area contributed by atoms with Gasteiger partial charge in [-0.1, -0.05) is 0 Å². The van der Waals surface area contributed by atoms with Gasteiger partial charge < -0.3 is 0 Å². The first-order chi connectivity index (χ1) is 3.42. The van der Waals surface area contributed by atoms with Gasteiger partial charge in [-0.25, -0.2) is 0 Å². The zero-order valence-corrected chi connectivity index (χ0v) is 4.96. The van der Waals surface area contributed by atoms with Gasteiger partial charge in [-0.3, -0.25) is 0 Å². The standard InChI is InChI=1S/CF5PS/c2-1(3,4)8-7(5)6. The van der Waals surface area contributed by atoms with Gasteiger partial charge in [0.25, 0.3) is 0 Å². The minimum Gasteiger partial charge on any atom is -0.175 e. The van der Waals surface area contributed by atoms with Crippen LogP contribution in [0.4, 0.5) is 21.6 Å². The maximum atomic E-state index is 10.8. The van der Waals surface area contributed by atoms with Crippen LogP contribution in [0.5, 0.6) is 0 Å². The fourth-order valence-corrected chi connectivity index (χ4v) is 0.704.